The van der Waals surface area contributed by atoms with Gasteiger partial charge in [0.05, 0.1) is 22.1 Å². The van der Waals surface area contributed by atoms with Crippen molar-refractivity contribution in [2.75, 3.05) is 24.5 Å². The van der Waals surface area contributed by atoms with Gasteiger partial charge in [-0.25, -0.2) is 4.98 Å². The molecule has 37 heavy (non-hydrogen) atoms. The van der Waals surface area contributed by atoms with Crippen LogP contribution in [0.25, 0.3) is 0 Å². The lowest BCUT2D eigenvalue weighted by Gasteiger charge is -2.38. The molecule has 1 aromatic heterocycles. The van der Waals surface area contributed by atoms with E-state index in [1.54, 1.807) is 17.4 Å². The average molecular weight is 584 g/mol. The van der Waals surface area contributed by atoms with Gasteiger partial charge in [0.1, 0.15) is 0 Å². The molecule has 2 N–H and O–H groups in total. The van der Waals surface area contributed by atoms with E-state index in [1.807, 2.05) is 23.2 Å². The van der Waals surface area contributed by atoms with Gasteiger partial charge in [-0.2, -0.15) is 0 Å². The van der Waals surface area contributed by atoms with Crippen LogP contribution in [0, 0.1) is 5.92 Å². The molecule has 204 valence electrons. The van der Waals surface area contributed by atoms with Crippen LogP contribution in [0.3, 0.4) is 0 Å². The number of anilines is 1. The second-order valence-electron chi connectivity index (χ2n) is 11.9. The van der Waals surface area contributed by atoms with Crippen molar-refractivity contribution in [2.45, 2.75) is 83.3 Å². The molecule has 1 amide bonds. The quantitative estimate of drug-likeness (QED) is 0.330. The Morgan fingerprint density at radius 1 is 1.30 bits per heavy atom. The third-order valence-electron chi connectivity index (χ3n) is 7.95. The number of aromatic nitrogens is 1. The number of hydrogen-bond acceptors (Lipinski definition) is 6. The Morgan fingerprint density at radius 3 is 2.68 bits per heavy atom. The van der Waals surface area contributed by atoms with Gasteiger partial charge in [-0.1, -0.05) is 56.1 Å². The molecular weight excluding hydrogens is 543 g/mol. The van der Waals surface area contributed by atoms with Crippen LogP contribution in [-0.4, -0.2) is 55.9 Å². The maximum Gasteiger partial charge on any atom is 0.227 e. The van der Waals surface area contributed by atoms with E-state index in [1.165, 1.54) is 0 Å². The molecule has 4 rings (SSSR count). The third-order valence-corrected chi connectivity index (χ3v) is 14.4. The molecule has 0 radical (unpaired) electrons. The second kappa shape index (κ2) is 11.5. The number of thiazole rings is 1. The molecular formula is C27H40Cl2N4O2SSi. The summed E-state index contributed by atoms with van der Waals surface area (Å²) in [6.07, 6.45) is 5.80. The first-order chi connectivity index (χ1) is 17.4. The number of nitrogens with two attached hydrogens (primary N) is 1. The number of hydrogen-bond donors (Lipinski definition) is 1. The van der Waals surface area contributed by atoms with Crippen molar-refractivity contribution >= 4 is 53.9 Å². The molecule has 1 aliphatic heterocycles. The summed E-state index contributed by atoms with van der Waals surface area (Å²) in [6.45, 7) is 14.0. The molecule has 2 unspecified atom stereocenters. The minimum Gasteiger partial charge on any atom is -0.412 e. The lowest BCUT2D eigenvalue weighted by atomic mass is 10.0. The first-order valence-electron chi connectivity index (χ1n) is 13.2. The molecule has 1 saturated carbocycles. The standard InChI is InChI=1S/C27H40Cl2N4O2SSi/c1-27(2,3)37(4,5)35-21-11-12-32(17-21)26-31-15-22(36-26)13-19(14-30)25(34)33(20-9-10-20)16-18-7-6-8-23(28)24(18)29/h6-8,15,19-21H,9-14,16-17,30H2,1-5H3. The van der Waals surface area contributed by atoms with E-state index in [4.69, 9.17) is 38.3 Å². The predicted octanol–water partition coefficient (Wildman–Crippen LogP) is 6.36. The van der Waals surface area contributed by atoms with Crippen LogP contribution in [0.15, 0.2) is 24.4 Å². The maximum atomic E-state index is 13.6. The van der Waals surface area contributed by atoms with Crippen LogP contribution >= 0.6 is 34.5 Å². The molecule has 2 heterocycles. The summed E-state index contributed by atoms with van der Waals surface area (Å²) in [6, 6.07) is 5.82. The van der Waals surface area contributed by atoms with E-state index in [0.29, 0.717) is 29.6 Å². The highest BCUT2D eigenvalue weighted by Crippen LogP contribution is 2.39. The normalized spacial score (nSPS) is 19.4. The molecule has 2 atom stereocenters. The maximum absolute atomic E-state index is 13.6. The molecule has 10 heteroatoms. The van der Waals surface area contributed by atoms with E-state index < -0.39 is 8.32 Å². The van der Waals surface area contributed by atoms with E-state index in [-0.39, 0.29) is 29.0 Å². The van der Waals surface area contributed by atoms with Gasteiger partial charge < -0.3 is 20.0 Å². The second-order valence-corrected chi connectivity index (χ2v) is 18.5. The molecule has 1 aromatic carbocycles. The Kier molecular flexibility index (Phi) is 8.98. The van der Waals surface area contributed by atoms with Crippen molar-refractivity contribution in [3.8, 4) is 0 Å². The van der Waals surface area contributed by atoms with Crippen LogP contribution in [0.1, 0.15) is 50.5 Å². The number of halogens is 2. The van der Waals surface area contributed by atoms with Gasteiger partial charge in [0.25, 0.3) is 0 Å². The number of amides is 1. The number of rotatable bonds is 10. The monoisotopic (exact) mass is 582 g/mol. The van der Waals surface area contributed by atoms with E-state index in [9.17, 15) is 4.79 Å². The Bertz CT molecular complexity index is 1100. The summed E-state index contributed by atoms with van der Waals surface area (Å²) < 4.78 is 6.64. The lowest BCUT2D eigenvalue weighted by Crippen LogP contribution is -2.44. The van der Waals surface area contributed by atoms with Gasteiger partial charge >= 0.3 is 0 Å². The van der Waals surface area contributed by atoms with Crippen molar-refractivity contribution < 1.29 is 9.22 Å². The number of carbonyl (C=O) groups excluding carboxylic acids is 1. The summed E-state index contributed by atoms with van der Waals surface area (Å²) in [5.41, 5.74) is 7.00. The van der Waals surface area contributed by atoms with Crippen molar-refractivity contribution in [1.82, 2.24) is 9.88 Å². The van der Waals surface area contributed by atoms with Crippen molar-refractivity contribution in [2.24, 2.45) is 11.7 Å². The van der Waals surface area contributed by atoms with Gasteiger partial charge in [-0.3, -0.25) is 4.79 Å². The fraction of sp³-hybridized carbons (Fsp3) is 0.630. The topological polar surface area (TPSA) is 71.7 Å². The van der Waals surface area contributed by atoms with Gasteiger partial charge in [-0.05, 0) is 55.4 Å². The van der Waals surface area contributed by atoms with Crippen LogP contribution in [0.5, 0.6) is 0 Å². The van der Waals surface area contributed by atoms with Crippen LogP contribution < -0.4 is 10.6 Å². The van der Waals surface area contributed by atoms with Gasteiger partial charge in [0.15, 0.2) is 13.4 Å². The Morgan fingerprint density at radius 2 is 2.03 bits per heavy atom. The highest BCUT2D eigenvalue weighted by molar-refractivity contribution is 7.15. The van der Waals surface area contributed by atoms with Gasteiger partial charge in [-0.15, -0.1) is 11.3 Å². The Hall–Kier alpha value is -1.16. The molecule has 1 aliphatic carbocycles. The Labute approximate surface area is 236 Å². The van der Waals surface area contributed by atoms with Crippen LogP contribution in [0.2, 0.25) is 28.2 Å². The van der Waals surface area contributed by atoms with Crippen LogP contribution in [0.4, 0.5) is 5.13 Å². The fourth-order valence-electron chi connectivity index (χ4n) is 4.51. The molecule has 1 saturated heterocycles. The highest BCUT2D eigenvalue weighted by atomic mass is 35.5. The SMILES string of the molecule is CC(C)(C)[Si](C)(C)OC1CCN(c2ncc(CC(CN)C(=O)N(Cc3cccc(Cl)c3Cl)C3CC3)s2)C1. The molecule has 2 aliphatic rings. The summed E-state index contributed by atoms with van der Waals surface area (Å²) in [5.74, 6) is -0.208. The average Bonchev–Trinajstić information content (AvgIpc) is 3.38. The molecule has 0 spiro atoms. The predicted molar refractivity (Wildman–Crippen MR) is 157 cm³/mol. The summed E-state index contributed by atoms with van der Waals surface area (Å²) >= 11 is 14.3. The van der Waals surface area contributed by atoms with E-state index in [0.717, 1.165) is 47.9 Å². The summed E-state index contributed by atoms with van der Waals surface area (Å²) in [4.78, 5) is 23.7. The zero-order chi connectivity index (χ0) is 27.0. The van der Waals surface area contributed by atoms with Crippen molar-refractivity contribution in [1.29, 1.82) is 0 Å². The van der Waals surface area contributed by atoms with Crippen molar-refractivity contribution in [3.05, 3.63) is 44.9 Å². The summed E-state index contributed by atoms with van der Waals surface area (Å²) in [7, 11) is -1.80. The number of benzene rings is 1. The number of carbonyl (C=O) groups is 1. The zero-order valence-corrected chi connectivity index (χ0v) is 25.9. The number of nitrogens with zero attached hydrogens (tertiary/aromatic N) is 3. The van der Waals surface area contributed by atoms with Gasteiger partial charge in [0.2, 0.25) is 5.91 Å². The third kappa shape index (κ3) is 6.89. The zero-order valence-electron chi connectivity index (χ0n) is 22.6. The first kappa shape index (κ1) is 28.8. The van der Waals surface area contributed by atoms with Crippen LogP contribution in [-0.2, 0) is 22.2 Å². The molecule has 6 nitrogen and oxygen atoms in total. The minimum absolute atomic E-state index is 0.0833. The molecule has 0 bridgehead atoms. The van der Waals surface area contributed by atoms with E-state index in [2.05, 4.69) is 38.8 Å². The molecule has 2 fully saturated rings. The first-order valence-corrected chi connectivity index (χ1v) is 17.7. The smallest absolute Gasteiger partial charge is 0.227 e. The summed E-state index contributed by atoms with van der Waals surface area (Å²) in [5, 5.41) is 2.23. The Balaban J connectivity index is 1.39. The fourth-order valence-corrected chi connectivity index (χ4v) is 7.29. The molecule has 2 aromatic rings. The van der Waals surface area contributed by atoms with Crippen molar-refractivity contribution in [3.63, 3.8) is 0 Å². The highest BCUT2D eigenvalue weighted by Gasteiger charge is 2.41. The van der Waals surface area contributed by atoms with Gasteiger partial charge in [0, 0.05) is 43.3 Å². The largest absolute Gasteiger partial charge is 0.412 e. The minimum atomic E-state index is -1.80. The van der Waals surface area contributed by atoms with E-state index >= 15 is 0 Å². The lowest BCUT2D eigenvalue weighted by molar-refractivity contribution is -0.136.